The molecule has 0 spiro atoms. The minimum Gasteiger partial charge on any atom is -0.508 e. The fourth-order valence-corrected chi connectivity index (χ4v) is 3.27. The van der Waals surface area contributed by atoms with Crippen LogP contribution in [0.15, 0.2) is 58.2 Å². The normalized spacial score (nSPS) is 12.4. The highest BCUT2D eigenvalue weighted by molar-refractivity contribution is 5.50. The van der Waals surface area contributed by atoms with Gasteiger partial charge in [0.15, 0.2) is 0 Å². The molecule has 0 aliphatic carbocycles. The molecule has 1 rings (SSSR count). The number of hydrogen-bond acceptors (Lipinski definition) is 2. The highest BCUT2D eigenvalue weighted by Gasteiger charge is 2.13. The summed E-state index contributed by atoms with van der Waals surface area (Å²) in [6.45, 7) is 14.9. The first-order valence-corrected chi connectivity index (χ1v) is 10.7. The average molecular weight is 397 g/mol. The molecule has 0 fully saturated rings. The van der Waals surface area contributed by atoms with Crippen molar-refractivity contribution in [1.29, 1.82) is 0 Å². The maximum Gasteiger partial charge on any atom is 0.119 e. The fourth-order valence-electron chi connectivity index (χ4n) is 3.27. The van der Waals surface area contributed by atoms with Crippen molar-refractivity contribution in [3.8, 4) is 11.5 Å². The summed E-state index contributed by atoms with van der Waals surface area (Å²) in [5, 5.41) is 20.9. The summed E-state index contributed by atoms with van der Waals surface area (Å²) in [4.78, 5) is 0. The molecule has 0 saturated carbocycles. The summed E-state index contributed by atoms with van der Waals surface area (Å²) >= 11 is 0. The van der Waals surface area contributed by atoms with Crippen molar-refractivity contribution < 1.29 is 10.2 Å². The number of benzene rings is 1. The van der Waals surface area contributed by atoms with Gasteiger partial charge < -0.3 is 10.2 Å². The molecular formula is C27H40O2. The lowest BCUT2D eigenvalue weighted by molar-refractivity contribution is 0.450. The summed E-state index contributed by atoms with van der Waals surface area (Å²) in [7, 11) is 0. The van der Waals surface area contributed by atoms with E-state index >= 15 is 0 Å². The lowest BCUT2D eigenvalue weighted by atomic mass is 9.93. The second-order valence-electron chi connectivity index (χ2n) is 8.69. The van der Waals surface area contributed by atoms with Crippen molar-refractivity contribution in [2.75, 3.05) is 0 Å². The maximum absolute atomic E-state index is 10.5. The number of hydrogen-bond donors (Lipinski definition) is 2. The molecule has 0 unspecified atom stereocenters. The third-order valence-electron chi connectivity index (χ3n) is 5.37. The van der Waals surface area contributed by atoms with Crippen molar-refractivity contribution in [3.05, 3.63) is 69.4 Å². The van der Waals surface area contributed by atoms with E-state index in [0.717, 1.165) is 36.8 Å². The van der Waals surface area contributed by atoms with Crippen LogP contribution in [0.25, 0.3) is 0 Å². The van der Waals surface area contributed by atoms with Crippen LogP contribution in [0, 0.1) is 0 Å². The molecule has 0 aliphatic rings. The van der Waals surface area contributed by atoms with Crippen LogP contribution in [0.1, 0.15) is 85.3 Å². The molecule has 0 atom stereocenters. The van der Waals surface area contributed by atoms with Crippen molar-refractivity contribution in [1.82, 2.24) is 0 Å². The Hall–Kier alpha value is -2.22. The molecule has 0 bridgehead atoms. The molecular weight excluding hydrogens is 356 g/mol. The van der Waals surface area contributed by atoms with E-state index in [4.69, 9.17) is 0 Å². The molecule has 29 heavy (non-hydrogen) atoms. The Morgan fingerprint density at radius 1 is 0.690 bits per heavy atom. The lowest BCUT2D eigenvalue weighted by Gasteiger charge is -2.15. The van der Waals surface area contributed by atoms with Gasteiger partial charge in [-0.2, -0.15) is 0 Å². The predicted molar refractivity (Wildman–Crippen MR) is 127 cm³/mol. The van der Waals surface area contributed by atoms with Crippen LogP contribution < -0.4 is 0 Å². The van der Waals surface area contributed by atoms with Crippen LogP contribution in [0.4, 0.5) is 0 Å². The van der Waals surface area contributed by atoms with Gasteiger partial charge in [0.1, 0.15) is 11.5 Å². The second-order valence-corrected chi connectivity index (χ2v) is 8.69. The summed E-state index contributed by atoms with van der Waals surface area (Å²) < 4.78 is 0. The third-order valence-corrected chi connectivity index (χ3v) is 5.37. The van der Waals surface area contributed by atoms with Gasteiger partial charge in [-0.05, 0) is 99.1 Å². The second kappa shape index (κ2) is 12.4. The van der Waals surface area contributed by atoms with Gasteiger partial charge in [-0.3, -0.25) is 0 Å². The van der Waals surface area contributed by atoms with Gasteiger partial charge in [-0.1, -0.05) is 46.1 Å². The molecule has 0 radical (unpaired) electrons. The maximum atomic E-state index is 10.5. The van der Waals surface area contributed by atoms with Crippen LogP contribution in [-0.2, 0) is 12.8 Å². The van der Waals surface area contributed by atoms with E-state index in [1.165, 1.54) is 27.9 Å². The topological polar surface area (TPSA) is 40.5 Å². The predicted octanol–water partition coefficient (Wildman–Crippen LogP) is 7.96. The first-order chi connectivity index (χ1) is 13.6. The van der Waals surface area contributed by atoms with E-state index in [0.29, 0.717) is 12.8 Å². The Bertz CT molecular complexity index is 796. The van der Waals surface area contributed by atoms with E-state index in [1.54, 1.807) is 12.1 Å². The van der Waals surface area contributed by atoms with Gasteiger partial charge in [0.25, 0.3) is 0 Å². The van der Waals surface area contributed by atoms with Crippen LogP contribution in [-0.4, -0.2) is 10.2 Å². The zero-order valence-electron chi connectivity index (χ0n) is 19.5. The lowest BCUT2D eigenvalue weighted by Crippen LogP contribution is -1.99. The van der Waals surface area contributed by atoms with Gasteiger partial charge in [0, 0.05) is 11.1 Å². The van der Waals surface area contributed by atoms with Crippen molar-refractivity contribution >= 4 is 0 Å². The summed E-state index contributed by atoms with van der Waals surface area (Å²) in [5.41, 5.74) is 8.29. The van der Waals surface area contributed by atoms with Gasteiger partial charge in [0.05, 0.1) is 0 Å². The van der Waals surface area contributed by atoms with Crippen LogP contribution in [0.3, 0.4) is 0 Å². The average Bonchev–Trinajstić information content (AvgIpc) is 2.63. The fraction of sp³-hybridized carbons (Fsp3) is 0.481. The number of rotatable bonds is 10. The SMILES string of the molecule is CC(C)=CCC/C(C)=C/Cc1c(O)ccc(O)c1C/C(C)=C(\C)CCC=C(C)C. The number of aromatic hydroxyl groups is 2. The monoisotopic (exact) mass is 396 g/mol. The molecule has 1 aromatic rings. The van der Waals surface area contributed by atoms with Crippen LogP contribution in [0.5, 0.6) is 11.5 Å². The highest BCUT2D eigenvalue weighted by atomic mass is 16.3. The molecule has 0 amide bonds. The molecule has 1 aromatic carbocycles. The summed E-state index contributed by atoms with van der Waals surface area (Å²) in [5.74, 6) is 0.533. The Balaban J connectivity index is 3.00. The van der Waals surface area contributed by atoms with Crippen molar-refractivity contribution in [3.63, 3.8) is 0 Å². The molecule has 0 aromatic heterocycles. The minimum atomic E-state index is 0.265. The van der Waals surface area contributed by atoms with E-state index in [9.17, 15) is 10.2 Å². The standard InChI is InChI=1S/C27H40O2/c1-19(2)10-8-12-21(5)14-15-24-25(27(29)17-16-26(24)28)18-23(7)22(6)13-9-11-20(3)4/h10-11,14,16-17,28-29H,8-9,12-13,15,18H2,1-7H3/b21-14+,23-22+. The molecule has 160 valence electrons. The first kappa shape index (κ1) is 24.8. The Morgan fingerprint density at radius 3 is 1.76 bits per heavy atom. The van der Waals surface area contributed by atoms with Gasteiger partial charge in [-0.25, -0.2) is 0 Å². The first-order valence-electron chi connectivity index (χ1n) is 10.7. The molecule has 2 heteroatoms. The number of phenolic OH excluding ortho intramolecular Hbond substituents is 2. The van der Waals surface area contributed by atoms with Crippen LogP contribution in [0.2, 0.25) is 0 Å². The van der Waals surface area contributed by atoms with Gasteiger partial charge in [0.2, 0.25) is 0 Å². The minimum absolute atomic E-state index is 0.265. The number of allylic oxidation sites excluding steroid dienone is 8. The summed E-state index contributed by atoms with van der Waals surface area (Å²) in [6.07, 6.45) is 12.1. The molecule has 0 saturated heterocycles. The van der Waals surface area contributed by atoms with Crippen molar-refractivity contribution in [2.45, 2.75) is 87.0 Å². The molecule has 2 N–H and O–H groups in total. The van der Waals surface area contributed by atoms with Gasteiger partial charge >= 0.3 is 0 Å². The smallest absolute Gasteiger partial charge is 0.119 e. The zero-order chi connectivity index (χ0) is 22.0. The number of phenols is 2. The Labute approximate surface area is 178 Å². The third kappa shape index (κ3) is 9.21. The van der Waals surface area contributed by atoms with E-state index in [1.807, 2.05) is 0 Å². The Kier molecular flexibility index (Phi) is 10.6. The van der Waals surface area contributed by atoms with Gasteiger partial charge in [-0.15, -0.1) is 0 Å². The zero-order valence-corrected chi connectivity index (χ0v) is 19.5. The van der Waals surface area contributed by atoms with E-state index in [-0.39, 0.29) is 11.5 Å². The van der Waals surface area contributed by atoms with Crippen molar-refractivity contribution in [2.24, 2.45) is 0 Å². The molecule has 2 nitrogen and oxygen atoms in total. The van der Waals surface area contributed by atoms with E-state index < -0.39 is 0 Å². The molecule has 0 heterocycles. The quantitative estimate of drug-likeness (QED) is 0.311. The largest absolute Gasteiger partial charge is 0.508 e. The van der Waals surface area contributed by atoms with E-state index in [2.05, 4.69) is 66.7 Å². The Morgan fingerprint density at radius 2 is 1.21 bits per heavy atom. The summed E-state index contributed by atoms with van der Waals surface area (Å²) in [6, 6.07) is 3.20. The highest BCUT2D eigenvalue weighted by Crippen LogP contribution is 2.33. The van der Waals surface area contributed by atoms with Crippen LogP contribution >= 0.6 is 0 Å². The molecule has 0 aliphatic heterocycles.